The van der Waals surface area contributed by atoms with Crippen LogP contribution in [0.1, 0.15) is 22.0 Å². The molecule has 1 atom stereocenters. The van der Waals surface area contributed by atoms with E-state index in [9.17, 15) is 22.9 Å². The Morgan fingerprint density at radius 2 is 1.86 bits per heavy atom. The largest absolute Gasteiger partial charge is 0.292 e. The highest BCUT2D eigenvalue weighted by atomic mass is 35.5. The van der Waals surface area contributed by atoms with Crippen LogP contribution in [0, 0.1) is 17.1 Å². The van der Waals surface area contributed by atoms with Crippen LogP contribution >= 0.6 is 11.6 Å². The van der Waals surface area contributed by atoms with Crippen molar-refractivity contribution in [1.29, 1.82) is 5.26 Å². The summed E-state index contributed by atoms with van der Waals surface area (Å²) in [6.45, 7) is 0. The number of rotatable bonds is 6. The molecule has 0 aliphatic heterocycles. The van der Waals surface area contributed by atoms with E-state index in [2.05, 4.69) is 9.71 Å². The van der Waals surface area contributed by atoms with Crippen molar-refractivity contribution < 1.29 is 17.6 Å². The number of benzene rings is 2. The molecular weight excluding hydrogens is 417 g/mol. The summed E-state index contributed by atoms with van der Waals surface area (Å²) in [5.74, 6) is -2.32. The van der Waals surface area contributed by atoms with Crippen LogP contribution < -0.4 is 4.72 Å². The molecule has 9 heteroatoms. The second-order valence-electron chi connectivity index (χ2n) is 5.94. The number of nitrogens with one attached hydrogen (secondary N) is 1. The smallest absolute Gasteiger partial charge is 0.263 e. The molecule has 1 N–H and O–H groups in total. The van der Waals surface area contributed by atoms with Crippen molar-refractivity contribution in [2.24, 2.45) is 0 Å². The van der Waals surface area contributed by atoms with Crippen LogP contribution in [0.15, 0.2) is 71.8 Å². The quantitative estimate of drug-likeness (QED) is 0.593. The van der Waals surface area contributed by atoms with Crippen LogP contribution in [0.3, 0.4) is 0 Å². The van der Waals surface area contributed by atoms with E-state index in [-0.39, 0.29) is 26.9 Å². The zero-order chi connectivity index (χ0) is 21.0. The van der Waals surface area contributed by atoms with E-state index >= 15 is 0 Å². The highest BCUT2D eigenvalue weighted by Gasteiger charge is 2.26. The highest BCUT2D eigenvalue weighted by molar-refractivity contribution is 7.92. The number of ketones is 1. The third-order valence-corrected chi connectivity index (χ3v) is 5.84. The lowest BCUT2D eigenvalue weighted by atomic mass is 9.95. The van der Waals surface area contributed by atoms with Gasteiger partial charge in [-0.3, -0.25) is 14.5 Å². The first-order chi connectivity index (χ1) is 13.8. The first-order valence-electron chi connectivity index (χ1n) is 8.24. The van der Waals surface area contributed by atoms with Crippen molar-refractivity contribution in [2.45, 2.75) is 10.8 Å². The van der Waals surface area contributed by atoms with Gasteiger partial charge in [0.2, 0.25) is 0 Å². The number of carbonyl (C=O) groups is 1. The number of Topliss-reactive ketones (excluding diaryl/α,β-unsaturated/α-hetero) is 1. The summed E-state index contributed by atoms with van der Waals surface area (Å²) >= 11 is 6.04. The molecule has 0 saturated heterocycles. The van der Waals surface area contributed by atoms with Gasteiger partial charge in [-0.25, -0.2) is 12.8 Å². The van der Waals surface area contributed by atoms with E-state index < -0.39 is 27.5 Å². The first-order valence-corrected chi connectivity index (χ1v) is 10.1. The van der Waals surface area contributed by atoms with Gasteiger partial charge >= 0.3 is 0 Å². The van der Waals surface area contributed by atoms with E-state index in [1.165, 1.54) is 36.5 Å². The third kappa shape index (κ3) is 4.59. The zero-order valence-electron chi connectivity index (χ0n) is 14.7. The van der Waals surface area contributed by atoms with Crippen LogP contribution in [0.4, 0.5) is 10.1 Å². The molecule has 0 aliphatic carbocycles. The van der Waals surface area contributed by atoms with Crippen LogP contribution in [0.5, 0.6) is 0 Å². The van der Waals surface area contributed by atoms with E-state index in [0.29, 0.717) is 0 Å². The Morgan fingerprint density at radius 1 is 1.14 bits per heavy atom. The minimum absolute atomic E-state index is 0.00826. The lowest BCUT2D eigenvalue weighted by Crippen LogP contribution is -2.16. The molecule has 1 heterocycles. The Hall–Kier alpha value is -3.28. The normalized spacial score (nSPS) is 12.0. The molecule has 1 unspecified atom stereocenters. The maximum atomic E-state index is 13.0. The first kappa shape index (κ1) is 20.5. The summed E-state index contributed by atoms with van der Waals surface area (Å²) in [7, 11) is -4.17. The molecule has 3 aromatic rings. The van der Waals surface area contributed by atoms with Crippen LogP contribution in [-0.4, -0.2) is 19.2 Å². The molecule has 0 radical (unpaired) electrons. The Morgan fingerprint density at radius 3 is 2.48 bits per heavy atom. The molecule has 29 heavy (non-hydrogen) atoms. The summed E-state index contributed by atoms with van der Waals surface area (Å²) in [6.07, 6.45) is 1.46. The van der Waals surface area contributed by atoms with Gasteiger partial charge in [0, 0.05) is 17.4 Å². The Balaban J connectivity index is 1.96. The second-order valence-corrected chi connectivity index (χ2v) is 8.00. The van der Waals surface area contributed by atoms with Crippen molar-refractivity contribution in [3.8, 4) is 6.07 Å². The topological polar surface area (TPSA) is 99.9 Å². The fourth-order valence-electron chi connectivity index (χ4n) is 2.56. The van der Waals surface area contributed by atoms with Gasteiger partial charge in [0.1, 0.15) is 10.7 Å². The molecule has 3 rings (SSSR count). The zero-order valence-corrected chi connectivity index (χ0v) is 16.3. The Labute approximate surface area is 171 Å². The number of hydrogen-bond donors (Lipinski definition) is 1. The van der Waals surface area contributed by atoms with Crippen molar-refractivity contribution in [3.63, 3.8) is 0 Å². The maximum Gasteiger partial charge on any atom is 0.263 e. The van der Waals surface area contributed by atoms with Crippen LogP contribution in [0.25, 0.3) is 0 Å². The van der Waals surface area contributed by atoms with Gasteiger partial charge in [-0.15, -0.1) is 0 Å². The number of halogens is 2. The SMILES string of the molecule is N#CC(C(=O)c1ccc(Cl)c(S(=O)(=O)Nc2ccc(F)cc2)c1)c1ccccn1. The summed E-state index contributed by atoms with van der Waals surface area (Å²) in [4.78, 5) is 16.5. The number of nitrogens with zero attached hydrogens (tertiary/aromatic N) is 2. The molecular formula is C20H13ClFN3O3S. The van der Waals surface area contributed by atoms with E-state index in [1.807, 2.05) is 6.07 Å². The Bertz CT molecular complexity index is 1190. The number of hydrogen-bond acceptors (Lipinski definition) is 5. The third-order valence-electron chi connectivity index (χ3n) is 3.98. The van der Waals surface area contributed by atoms with Crippen molar-refractivity contribution >= 4 is 33.1 Å². The van der Waals surface area contributed by atoms with Crippen molar-refractivity contribution in [2.75, 3.05) is 4.72 Å². The number of sulfonamides is 1. The summed E-state index contributed by atoms with van der Waals surface area (Å²) in [5.41, 5.74) is 0.373. The number of carbonyl (C=O) groups excluding carboxylic acids is 1. The average molecular weight is 430 g/mol. The number of pyridine rings is 1. The van der Waals surface area contributed by atoms with E-state index in [4.69, 9.17) is 11.6 Å². The molecule has 0 fully saturated rings. The number of anilines is 1. The molecule has 146 valence electrons. The lowest BCUT2D eigenvalue weighted by Gasteiger charge is -2.12. The predicted molar refractivity (Wildman–Crippen MR) is 106 cm³/mol. The van der Waals surface area contributed by atoms with Gasteiger partial charge < -0.3 is 0 Å². The van der Waals surface area contributed by atoms with Gasteiger partial charge in [-0.05, 0) is 54.6 Å². The molecule has 0 bridgehead atoms. The summed E-state index contributed by atoms with van der Waals surface area (Å²) in [6, 6.07) is 15.1. The minimum atomic E-state index is -4.17. The molecule has 0 saturated carbocycles. The number of aromatic nitrogens is 1. The van der Waals surface area contributed by atoms with Gasteiger partial charge in [-0.2, -0.15) is 5.26 Å². The predicted octanol–water partition coefficient (Wildman–Crippen LogP) is 4.16. The fourth-order valence-corrected chi connectivity index (χ4v) is 4.15. The van der Waals surface area contributed by atoms with Gasteiger partial charge in [0.05, 0.1) is 16.8 Å². The van der Waals surface area contributed by atoms with Crippen molar-refractivity contribution in [3.05, 3.63) is 89.0 Å². The standard InChI is InChI=1S/C20H13ClFN3O3S/c21-17-9-4-13(20(26)16(12-23)18-3-1-2-10-24-18)11-19(17)29(27,28)25-15-7-5-14(22)6-8-15/h1-11,16,25H. The molecule has 0 aliphatic rings. The lowest BCUT2D eigenvalue weighted by molar-refractivity contribution is 0.0977. The van der Waals surface area contributed by atoms with E-state index in [1.54, 1.807) is 12.1 Å². The molecule has 6 nitrogen and oxygen atoms in total. The average Bonchev–Trinajstić information content (AvgIpc) is 2.71. The molecule has 0 spiro atoms. The monoisotopic (exact) mass is 429 g/mol. The molecule has 2 aromatic carbocycles. The number of nitriles is 1. The Kier molecular flexibility index (Phi) is 5.92. The summed E-state index contributed by atoms with van der Waals surface area (Å²) < 4.78 is 40.7. The second kappa shape index (κ2) is 8.39. The fraction of sp³-hybridized carbons (Fsp3) is 0.0500. The van der Waals surface area contributed by atoms with Crippen molar-refractivity contribution in [1.82, 2.24) is 4.98 Å². The molecule has 0 amide bonds. The van der Waals surface area contributed by atoms with Gasteiger partial charge in [0.25, 0.3) is 10.0 Å². The minimum Gasteiger partial charge on any atom is -0.292 e. The van der Waals surface area contributed by atoms with Crippen LogP contribution in [0.2, 0.25) is 5.02 Å². The summed E-state index contributed by atoms with van der Waals surface area (Å²) in [5, 5.41) is 9.31. The maximum absolute atomic E-state index is 13.0. The van der Waals surface area contributed by atoms with Gasteiger partial charge in [-0.1, -0.05) is 17.7 Å². The van der Waals surface area contributed by atoms with Crippen LogP contribution in [-0.2, 0) is 10.0 Å². The molecule has 1 aromatic heterocycles. The van der Waals surface area contributed by atoms with E-state index in [0.717, 1.165) is 18.2 Å². The highest BCUT2D eigenvalue weighted by Crippen LogP contribution is 2.27. The van der Waals surface area contributed by atoms with Gasteiger partial charge in [0.15, 0.2) is 11.7 Å².